The molecule has 3 unspecified atom stereocenters. The number of aliphatic carboxylic acids is 1. The van der Waals surface area contributed by atoms with E-state index in [1.54, 1.807) is 0 Å². The van der Waals surface area contributed by atoms with Crippen LogP contribution in [-0.2, 0) is 24.4 Å². The van der Waals surface area contributed by atoms with E-state index in [9.17, 15) is 26.8 Å². The molecule has 23 heavy (non-hydrogen) atoms. The van der Waals surface area contributed by atoms with Crippen LogP contribution in [0.5, 0.6) is 0 Å². The van der Waals surface area contributed by atoms with E-state index < -0.39 is 51.7 Å². The Labute approximate surface area is 132 Å². The molecule has 134 valence electrons. The number of esters is 1. The molecule has 0 radical (unpaired) electrons. The molecule has 0 saturated heterocycles. The smallest absolute Gasteiger partial charge is 0.375 e. The fourth-order valence-electron chi connectivity index (χ4n) is 2.66. The van der Waals surface area contributed by atoms with Gasteiger partial charge in [-0.25, -0.2) is 0 Å². The van der Waals surface area contributed by atoms with Crippen LogP contribution in [0.2, 0.25) is 0 Å². The molecule has 0 aromatic heterocycles. The number of carbonyl (C=O) groups excluding carboxylic acids is 1. The summed E-state index contributed by atoms with van der Waals surface area (Å²) < 4.78 is 61.9. The van der Waals surface area contributed by atoms with E-state index in [1.165, 1.54) is 6.92 Å². The summed E-state index contributed by atoms with van der Waals surface area (Å²) in [5, 5.41) is 4.63. The van der Waals surface area contributed by atoms with Crippen molar-refractivity contribution in [2.45, 2.75) is 44.3 Å². The Balaban J connectivity index is 2.75. The molecule has 1 rings (SSSR count). The van der Waals surface area contributed by atoms with Crippen molar-refractivity contribution in [3.05, 3.63) is 0 Å². The van der Waals surface area contributed by atoms with Crippen LogP contribution in [-0.4, -0.2) is 41.9 Å². The second-order valence-electron chi connectivity index (χ2n) is 5.61. The van der Waals surface area contributed by atoms with E-state index >= 15 is 0 Å². The standard InChI is InChI=1S/C13H20F2O7S/c1-2-8(13(14,15)23(19,20)21)7-22-12(18)10-6-4-3-5-9(10)11(16)17/h8-10H,2-7H2,1H3,(H,16,17)(H,19,20,21). The predicted octanol–water partition coefficient (Wildman–Crippen LogP) is 1.93. The Morgan fingerprint density at radius 1 is 1.26 bits per heavy atom. The summed E-state index contributed by atoms with van der Waals surface area (Å²) in [6, 6.07) is 0. The molecule has 0 heterocycles. The van der Waals surface area contributed by atoms with E-state index in [4.69, 9.17) is 14.4 Å². The molecule has 7 nitrogen and oxygen atoms in total. The van der Waals surface area contributed by atoms with E-state index in [1.807, 2.05) is 0 Å². The molecule has 0 aliphatic heterocycles. The summed E-state index contributed by atoms with van der Waals surface area (Å²) in [4.78, 5) is 23.1. The van der Waals surface area contributed by atoms with Gasteiger partial charge in [0.25, 0.3) is 0 Å². The molecule has 1 saturated carbocycles. The van der Waals surface area contributed by atoms with E-state index in [-0.39, 0.29) is 12.8 Å². The van der Waals surface area contributed by atoms with Crippen LogP contribution < -0.4 is 0 Å². The largest absolute Gasteiger partial charge is 0.481 e. The first-order valence-electron chi connectivity index (χ1n) is 7.26. The van der Waals surface area contributed by atoms with Gasteiger partial charge in [0.05, 0.1) is 17.8 Å². The van der Waals surface area contributed by atoms with Gasteiger partial charge in [-0.3, -0.25) is 14.1 Å². The van der Waals surface area contributed by atoms with Gasteiger partial charge < -0.3 is 9.84 Å². The second-order valence-corrected chi connectivity index (χ2v) is 7.10. The number of hydrogen-bond acceptors (Lipinski definition) is 5. The van der Waals surface area contributed by atoms with Crippen molar-refractivity contribution < 1.29 is 41.2 Å². The van der Waals surface area contributed by atoms with Crippen LogP contribution in [0.25, 0.3) is 0 Å². The van der Waals surface area contributed by atoms with Gasteiger partial charge in [0.15, 0.2) is 0 Å². The van der Waals surface area contributed by atoms with Crippen LogP contribution in [0.15, 0.2) is 0 Å². The number of alkyl halides is 2. The number of carbonyl (C=O) groups is 2. The Kier molecular flexibility index (Phi) is 6.46. The Morgan fingerprint density at radius 2 is 1.78 bits per heavy atom. The minimum Gasteiger partial charge on any atom is -0.481 e. The average molecular weight is 358 g/mol. The van der Waals surface area contributed by atoms with Crippen molar-refractivity contribution in [3.63, 3.8) is 0 Å². The highest BCUT2D eigenvalue weighted by Gasteiger charge is 2.51. The average Bonchev–Trinajstić information content (AvgIpc) is 2.46. The van der Waals surface area contributed by atoms with Gasteiger partial charge >= 0.3 is 27.3 Å². The second kappa shape index (κ2) is 7.52. The normalized spacial score (nSPS) is 24.0. The molecule has 3 atom stereocenters. The van der Waals surface area contributed by atoms with E-state index in [0.29, 0.717) is 19.3 Å². The summed E-state index contributed by atoms with van der Waals surface area (Å²) in [5.74, 6) is -5.85. The number of rotatable bonds is 7. The zero-order valence-electron chi connectivity index (χ0n) is 12.6. The minimum absolute atomic E-state index is 0.279. The van der Waals surface area contributed by atoms with Crippen LogP contribution in [0, 0.1) is 17.8 Å². The zero-order chi connectivity index (χ0) is 17.8. The van der Waals surface area contributed by atoms with Crippen molar-refractivity contribution >= 4 is 22.1 Å². The van der Waals surface area contributed by atoms with Crippen LogP contribution >= 0.6 is 0 Å². The third-order valence-electron chi connectivity index (χ3n) is 4.12. The van der Waals surface area contributed by atoms with Crippen LogP contribution in [0.3, 0.4) is 0 Å². The zero-order valence-corrected chi connectivity index (χ0v) is 13.4. The summed E-state index contributed by atoms with van der Waals surface area (Å²) in [7, 11) is -5.63. The molecule has 1 aliphatic carbocycles. The quantitative estimate of drug-likeness (QED) is 0.527. The first-order valence-corrected chi connectivity index (χ1v) is 8.70. The number of ether oxygens (including phenoxy) is 1. The van der Waals surface area contributed by atoms with E-state index in [2.05, 4.69) is 0 Å². The van der Waals surface area contributed by atoms with Gasteiger partial charge in [0.2, 0.25) is 0 Å². The predicted molar refractivity (Wildman–Crippen MR) is 74.3 cm³/mol. The highest BCUT2D eigenvalue weighted by atomic mass is 32.2. The Bertz CT molecular complexity index is 547. The maximum Gasteiger partial charge on any atom is 0.375 e. The minimum atomic E-state index is -5.63. The maximum absolute atomic E-state index is 13.6. The SMILES string of the molecule is CCC(COC(=O)C1CCCCC1C(=O)O)C(F)(F)S(=O)(=O)O. The molecule has 0 bridgehead atoms. The first-order chi connectivity index (χ1) is 10.5. The molecule has 2 N–H and O–H groups in total. The summed E-state index contributed by atoms with van der Waals surface area (Å²) in [5.41, 5.74) is 0. The van der Waals surface area contributed by atoms with Crippen molar-refractivity contribution in [2.75, 3.05) is 6.61 Å². The maximum atomic E-state index is 13.6. The lowest BCUT2D eigenvalue weighted by Gasteiger charge is -2.28. The lowest BCUT2D eigenvalue weighted by molar-refractivity contribution is -0.162. The molecular weight excluding hydrogens is 338 g/mol. The number of halogens is 2. The third-order valence-corrected chi connectivity index (χ3v) is 5.15. The van der Waals surface area contributed by atoms with Gasteiger partial charge in [-0.2, -0.15) is 17.2 Å². The van der Waals surface area contributed by atoms with Crippen molar-refractivity contribution in [2.24, 2.45) is 17.8 Å². The highest BCUT2D eigenvalue weighted by molar-refractivity contribution is 7.86. The monoisotopic (exact) mass is 358 g/mol. The molecule has 1 aliphatic rings. The molecule has 10 heteroatoms. The number of carboxylic acid groups (broad SMARTS) is 1. The number of hydrogen-bond donors (Lipinski definition) is 2. The third kappa shape index (κ3) is 4.60. The van der Waals surface area contributed by atoms with Gasteiger partial charge in [-0.1, -0.05) is 19.8 Å². The van der Waals surface area contributed by atoms with Gasteiger partial charge in [-0.05, 0) is 19.3 Å². The summed E-state index contributed by atoms with van der Waals surface area (Å²) >= 11 is 0. The van der Waals surface area contributed by atoms with E-state index in [0.717, 1.165) is 0 Å². The van der Waals surface area contributed by atoms with Gasteiger partial charge in [0, 0.05) is 0 Å². The highest BCUT2D eigenvalue weighted by Crippen LogP contribution is 2.34. The van der Waals surface area contributed by atoms with Crippen LogP contribution in [0.1, 0.15) is 39.0 Å². The fourth-order valence-corrected chi connectivity index (χ4v) is 3.32. The van der Waals surface area contributed by atoms with Crippen LogP contribution in [0.4, 0.5) is 8.78 Å². The van der Waals surface area contributed by atoms with Gasteiger partial charge in [-0.15, -0.1) is 0 Å². The molecule has 0 aromatic rings. The molecule has 0 aromatic carbocycles. The molecule has 0 spiro atoms. The number of carboxylic acids is 1. The molecule has 1 fully saturated rings. The van der Waals surface area contributed by atoms with Crippen molar-refractivity contribution in [3.8, 4) is 0 Å². The summed E-state index contributed by atoms with van der Waals surface area (Å²) in [6.45, 7) is 0.350. The van der Waals surface area contributed by atoms with Gasteiger partial charge in [0.1, 0.15) is 6.61 Å². The Morgan fingerprint density at radius 3 is 2.22 bits per heavy atom. The van der Waals surface area contributed by atoms with Crippen molar-refractivity contribution in [1.82, 2.24) is 0 Å². The fraction of sp³-hybridized carbons (Fsp3) is 0.846. The first kappa shape index (κ1) is 19.8. The Hall–Kier alpha value is -1.29. The lowest BCUT2D eigenvalue weighted by atomic mass is 9.79. The molecular formula is C13H20F2O7S. The lowest BCUT2D eigenvalue weighted by Crippen LogP contribution is -2.41. The van der Waals surface area contributed by atoms with Crippen molar-refractivity contribution in [1.29, 1.82) is 0 Å². The topological polar surface area (TPSA) is 118 Å². The summed E-state index contributed by atoms with van der Waals surface area (Å²) in [6.07, 6.45) is 1.50. The molecule has 0 amide bonds.